The first kappa shape index (κ1) is 23.2. The number of nitrogens with zero attached hydrogens (tertiary/aromatic N) is 1. The first-order valence-corrected chi connectivity index (χ1v) is 14.0. The van der Waals surface area contributed by atoms with Gasteiger partial charge in [-0.05, 0) is 64.5 Å². The van der Waals surface area contributed by atoms with Gasteiger partial charge in [0, 0.05) is 38.4 Å². The molecule has 0 atom stereocenters. The molecule has 1 aliphatic rings. The van der Waals surface area contributed by atoms with Crippen molar-refractivity contribution in [1.29, 1.82) is 0 Å². The summed E-state index contributed by atoms with van der Waals surface area (Å²) in [5, 5.41) is 6.80. The maximum atomic E-state index is 7.14. The normalized spacial score (nSPS) is 12.1. The van der Waals surface area contributed by atoms with E-state index in [4.69, 9.17) is 11.6 Å². The van der Waals surface area contributed by atoms with E-state index in [0.717, 1.165) is 33.0 Å². The Kier molecular flexibility index (Phi) is 5.33. The molecule has 0 spiro atoms. The Labute approximate surface area is 238 Å². The van der Waals surface area contributed by atoms with Crippen molar-refractivity contribution in [1.82, 2.24) is 4.57 Å². The van der Waals surface area contributed by atoms with Crippen molar-refractivity contribution in [3.05, 3.63) is 145 Å². The van der Waals surface area contributed by atoms with E-state index in [2.05, 4.69) is 131 Å². The smallest absolute Gasteiger partial charge is 0.248 e. The number of nitrogens with one attached hydrogen (secondary N) is 1. The summed E-state index contributed by atoms with van der Waals surface area (Å²) in [7, 11) is 0. The van der Waals surface area contributed by atoms with Crippen LogP contribution in [0.5, 0.6) is 0 Å². The standard InChI is InChI=1S/C36H24BClN2/c38-33-23-25(24-17-20-27(21-18-24)39-26-9-2-1-3-10-26)19-22-30(33)37-31-13-5-7-16-35(31)40-34-15-6-4-11-28(34)29-12-8-14-32(37)36(29)40/h1-23,39H. The van der Waals surface area contributed by atoms with Crippen molar-refractivity contribution in [2.45, 2.75) is 0 Å². The van der Waals surface area contributed by atoms with E-state index in [-0.39, 0.29) is 6.71 Å². The van der Waals surface area contributed by atoms with E-state index in [9.17, 15) is 0 Å². The maximum Gasteiger partial charge on any atom is 0.248 e. The predicted octanol–water partition coefficient (Wildman–Crippen LogP) is 7.68. The molecule has 40 heavy (non-hydrogen) atoms. The van der Waals surface area contributed by atoms with Gasteiger partial charge in [0.25, 0.3) is 0 Å². The van der Waals surface area contributed by atoms with Gasteiger partial charge in [-0.1, -0.05) is 114 Å². The summed E-state index contributed by atoms with van der Waals surface area (Å²) in [4.78, 5) is 0. The fraction of sp³-hybridized carbons (Fsp3) is 0. The van der Waals surface area contributed by atoms with Gasteiger partial charge in [-0.2, -0.15) is 0 Å². The van der Waals surface area contributed by atoms with Gasteiger partial charge in [-0.25, -0.2) is 0 Å². The highest BCUT2D eigenvalue weighted by atomic mass is 35.5. The minimum Gasteiger partial charge on any atom is -0.356 e. The number of rotatable bonds is 4. The van der Waals surface area contributed by atoms with Crippen LogP contribution >= 0.6 is 11.6 Å². The summed E-state index contributed by atoms with van der Waals surface area (Å²) in [6, 6.07) is 49.4. The van der Waals surface area contributed by atoms with Crippen molar-refractivity contribution in [3.63, 3.8) is 0 Å². The van der Waals surface area contributed by atoms with Crippen LogP contribution in [-0.2, 0) is 0 Å². The highest BCUT2D eigenvalue weighted by Crippen LogP contribution is 2.33. The lowest BCUT2D eigenvalue weighted by molar-refractivity contribution is 1.19. The van der Waals surface area contributed by atoms with Crippen LogP contribution in [0.4, 0.5) is 11.4 Å². The second-order valence-corrected chi connectivity index (χ2v) is 10.8. The third kappa shape index (κ3) is 3.59. The Balaban J connectivity index is 1.22. The Hall–Kier alpha value is -4.73. The molecule has 1 aliphatic heterocycles. The molecule has 8 rings (SSSR count). The summed E-state index contributed by atoms with van der Waals surface area (Å²) < 4.78 is 2.43. The lowest BCUT2D eigenvalue weighted by Crippen LogP contribution is -2.56. The van der Waals surface area contributed by atoms with E-state index in [0.29, 0.717) is 0 Å². The van der Waals surface area contributed by atoms with Gasteiger partial charge >= 0.3 is 0 Å². The van der Waals surface area contributed by atoms with Crippen LogP contribution in [0.15, 0.2) is 140 Å². The van der Waals surface area contributed by atoms with Gasteiger partial charge in [0.05, 0.1) is 5.52 Å². The van der Waals surface area contributed by atoms with E-state index in [1.807, 2.05) is 18.2 Å². The fourth-order valence-electron chi connectivity index (χ4n) is 6.34. The van der Waals surface area contributed by atoms with Gasteiger partial charge in [0.1, 0.15) is 0 Å². The number of fused-ring (bicyclic) bond motifs is 5. The predicted molar refractivity (Wildman–Crippen MR) is 172 cm³/mol. The van der Waals surface area contributed by atoms with Crippen molar-refractivity contribution in [2.75, 3.05) is 5.32 Å². The minimum atomic E-state index is 0.0516. The summed E-state index contributed by atoms with van der Waals surface area (Å²) in [6.45, 7) is 0.0516. The number of hydrogen-bond donors (Lipinski definition) is 1. The van der Waals surface area contributed by atoms with E-state index in [1.165, 1.54) is 38.4 Å². The second kappa shape index (κ2) is 9.19. The zero-order valence-electron chi connectivity index (χ0n) is 21.7. The van der Waals surface area contributed by atoms with Crippen LogP contribution in [0.3, 0.4) is 0 Å². The van der Waals surface area contributed by atoms with Gasteiger partial charge in [-0.3, -0.25) is 0 Å². The summed E-state index contributed by atoms with van der Waals surface area (Å²) in [5.74, 6) is 0. The number of benzene rings is 6. The first-order valence-electron chi connectivity index (χ1n) is 13.6. The van der Waals surface area contributed by atoms with Crippen LogP contribution < -0.4 is 21.7 Å². The zero-order chi connectivity index (χ0) is 26.6. The minimum absolute atomic E-state index is 0.0516. The molecule has 6 aromatic carbocycles. The molecule has 0 fully saturated rings. The molecule has 2 nitrogen and oxygen atoms in total. The van der Waals surface area contributed by atoms with Crippen molar-refractivity contribution in [3.8, 4) is 16.8 Å². The van der Waals surface area contributed by atoms with Crippen LogP contribution in [0.1, 0.15) is 0 Å². The second-order valence-electron chi connectivity index (χ2n) is 10.4. The fourth-order valence-corrected chi connectivity index (χ4v) is 6.63. The van der Waals surface area contributed by atoms with Crippen LogP contribution in [0.25, 0.3) is 38.6 Å². The molecule has 0 aliphatic carbocycles. The molecule has 0 amide bonds. The number of para-hydroxylation sites is 4. The Morgan fingerprint density at radius 3 is 2.05 bits per heavy atom. The molecule has 0 saturated heterocycles. The highest BCUT2D eigenvalue weighted by Gasteiger charge is 2.34. The third-order valence-corrected chi connectivity index (χ3v) is 8.45. The van der Waals surface area contributed by atoms with Crippen LogP contribution in [-0.4, -0.2) is 11.3 Å². The van der Waals surface area contributed by atoms with Crippen molar-refractivity contribution < 1.29 is 0 Å². The summed E-state index contributed by atoms with van der Waals surface area (Å²) in [5.41, 5.74) is 11.8. The molecule has 7 aromatic rings. The van der Waals surface area contributed by atoms with Crippen LogP contribution in [0, 0.1) is 0 Å². The zero-order valence-corrected chi connectivity index (χ0v) is 22.4. The molecule has 0 saturated carbocycles. The molecular formula is C36H24BClN2. The highest BCUT2D eigenvalue weighted by molar-refractivity contribution is 6.99. The molecule has 1 aromatic heterocycles. The third-order valence-electron chi connectivity index (χ3n) is 8.12. The van der Waals surface area contributed by atoms with E-state index >= 15 is 0 Å². The van der Waals surface area contributed by atoms with Crippen molar-refractivity contribution >= 4 is 67.9 Å². The van der Waals surface area contributed by atoms with Gasteiger partial charge in [0.2, 0.25) is 6.71 Å². The molecule has 1 N–H and O–H groups in total. The molecule has 4 heteroatoms. The SMILES string of the molecule is Clc1cc(-c2ccc(Nc3ccccc3)cc2)ccc1B1c2ccccc2-n2c3ccccc3c3cccc1c32. The monoisotopic (exact) mass is 530 g/mol. The lowest BCUT2D eigenvalue weighted by atomic mass is 9.35. The molecule has 2 heterocycles. The molecule has 0 radical (unpaired) electrons. The van der Waals surface area contributed by atoms with Crippen LogP contribution in [0.2, 0.25) is 5.02 Å². The van der Waals surface area contributed by atoms with Crippen molar-refractivity contribution in [2.24, 2.45) is 0 Å². The van der Waals surface area contributed by atoms with E-state index in [1.54, 1.807) is 0 Å². The first-order chi connectivity index (χ1) is 19.8. The average molecular weight is 531 g/mol. The number of aromatic nitrogens is 1. The summed E-state index contributed by atoms with van der Waals surface area (Å²) in [6.07, 6.45) is 0. The molecule has 0 unspecified atom stereocenters. The van der Waals surface area contributed by atoms with Gasteiger partial charge in [0.15, 0.2) is 0 Å². The largest absolute Gasteiger partial charge is 0.356 e. The molecular weight excluding hydrogens is 507 g/mol. The number of halogens is 1. The number of anilines is 2. The average Bonchev–Trinajstić information content (AvgIpc) is 3.35. The Morgan fingerprint density at radius 2 is 1.20 bits per heavy atom. The molecule has 188 valence electrons. The van der Waals surface area contributed by atoms with Gasteiger partial charge < -0.3 is 9.88 Å². The Bertz CT molecular complexity index is 2040. The maximum absolute atomic E-state index is 7.14. The topological polar surface area (TPSA) is 17.0 Å². The van der Waals surface area contributed by atoms with E-state index < -0.39 is 0 Å². The van der Waals surface area contributed by atoms with Gasteiger partial charge in [-0.15, -0.1) is 0 Å². The lowest BCUT2D eigenvalue weighted by Gasteiger charge is -2.27. The molecule has 0 bridgehead atoms. The summed E-state index contributed by atoms with van der Waals surface area (Å²) >= 11 is 7.14. The quantitative estimate of drug-likeness (QED) is 0.231. The number of hydrogen-bond acceptors (Lipinski definition) is 1. The Morgan fingerprint density at radius 1 is 0.525 bits per heavy atom.